The second-order valence-electron chi connectivity index (χ2n) is 10.9. The molecule has 202 valence electrons. The fourth-order valence-corrected chi connectivity index (χ4v) is 5.04. The zero-order valence-corrected chi connectivity index (χ0v) is 23.6. The predicted molar refractivity (Wildman–Crippen MR) is 143 cm³/mol. The van der Waals surface area contributed by atoms with Gasteiger partial charge in [0.2, 0.25) is 5.13 Å². The van der Waals surface area contributed by atoms with E-state index in [1.165, 1.54) is 18.4 Å². The van der Waals surface area contributed by atoms with Gasteiger partial charge in [-0.25, -0.2) is 9.59 Å². The van der Waals surface area contributed by atoms with Gasteiger partial charge >= 0.3 is 12.0 Å². The van der Waals surface area contributed by atoms with Crippen LogP contribution in [0, 0.1) is 12.8 Å². The average molecular weight is 531 g/mol. The fraction of sp³-hybridized carbons (Fsp3) is 0.615. The number of aryl methyl sites for hydroxylation is 1. The molecule has 1 aliphatic rings. The number of carbonyl (C=O) groups is 3. The summed E-state index contributed by atoms with van der Waals surface area (Å²) in [6.07, 6.45) is 1.82. The number of pyridine rings is 1. The first-order valence-corrected chi connectivity index (χ1v) is 13.5. The van der Waals surface area contributed by atoms with Crippen molar-refractivity contribution in [3.63, 3.8) is 0 Å². The molecule has 0 bridgehead atoms. The number of likely N-dealkylation sites (tertiary alicyclic amines) is 1. The highest BCUT2D eigenvalue weighted by Gasteiger charge is 2.31. The maximum absolute atomic E-state index is 13.2. The zero-order chi connectivity index (χ0) is 27.3. The molecular weight excluding hydrogens is 492 g/mol. The number of hydrogen-bond acceptors (Lipinski definition) is 8. The number of ether oxygens (including phenoxy) is 1. The van der Waals surface area contributed by atoms with E-state index in [2.05, 4.69) is 20.8 Å². The predicted octanol–water partition coefficient (Wildman–Crippen LogP) is 4.27. The van der Waals surface area contributed by atoms with E-state index in [-0.39, 0.29) is 29.2 Å². The largest absolute Gasteiger partial charge is 0.467 e. The Kier molecular flexibility index (Phi) is 9.22. The molecule has 1 atom stereocenters. The molecule has 2 aromatic heterocycles. The minimum absolute atomic E-state index is 0.0244. The first-order chi connectivity index (χ1) is 17.4. The van der Waals surface area contributed by atoms with Crippen molar-refractivity contribution in [1.29, 1.82) is 0 Å². The van der Waals surface area contributed by atoms with Gasteiger partial charge in [-0.3, -0.25) is 15.1 Å². The van der Waals surface area contributed by atoms with Gasteiger partial charge in [-0.05, 0) is 44.2 Å². The molecule has 1 fully saturated rings. The number of esters is 1. The number of amides is 3. The van der Waals surface area contributed by atoms with Crippen LogP contribution in [-0.2, 0) is 14.9 Å². The summed E-state index contributed by atoms with van der Waals surface area (Å²) in [7, 11) is 1.32. The fourth-order valence-electron chi connectivity index (χ4n) is 4.25. The standard InChI is InChI=1S/C26H38N6O4S/c1-15(2)14-19(22(34)36-7)28-25(35)32-12-10-17(11-13-32)20-18(9-8-16(3)27-20)21(33)29-24-31-30-23(37-24)26(4,5)6/h8-9,15,17,19H,10-14H2,1-7H3,(H,28,35)(H,29,31,33)/t19-/m0/s1. The van der Waals surface area contributed by atoms with E-state index in [0.717, 1.165) is 16.4 Å². The summed E-state index contributed by atoms with van der Waals surface area (Å²) in [6.45, 7) is 13.0. The van der Waals surface area contributed by atoms with Crippen LogP contribution in [0.25, 0.3) is 0 Å². The molecule has 3 rings (SSSR count). The van der Waals surface area contributed by atoms with Crippen molar-refractivity contribution in [1.82, 2.24) is 25.4 Å². The summed E-state index contributed by atoms with van der Waals surface area (Å²) in [4.78, 5) is 44.6. The summed E-state index contributed by atoms with van der Waals surface area (Å²) in [6, 6.07) is 2.66. The molecule has 0 unspecified atom stereocenters. The van der Waals surface area contributed by atoms with Crippen molar-refractivity contribution in [2.24, 2.45) is 5.92 Å². The van der Waals surface area contributed by atoms with E-state index < -0.39 is 12.0 Å². The molecule has 0 spiro atoms. The van der Waals surface area contributed by atoms with Crippen molar-refractivity contribution in [3.05, 3.63) is 34.1 Å². The second kappa shape index (κ2) is 12.0. The molecule has 37 heavy (non-hydrogen) atoms. The van der Waals surface area contributed by atoms with Gasteiger partial charge in [0.15, 0.2) is 0 Å². The van der Waals surface area contributed by atoms with Crippen molar-refractivity contribution >= 4 is 34.4 Å². The average Bonchev–Trinajstić information content (AvgIpc) is 3.32. The smallest absolute Gasteiger partial charge is 0.328 e. The maximum Gasteiger partial charge on any atom is 0.328 e. The van der Waals surface area contributed by atoms with Crippen LogP contribution in [0.15, 0.2) is 12.1 Å². The summed E-state index contributed by atoms with van der Waals surface area (Å²) < 4.78 is 4.86. The Balaban J connectivity index is 1.68. The normalized spacial score (nSPS) is 15.4. The van der Waals surface area contributed by atoms with Crippen LogP contribution >= 0.6 is 11.3 Å². The molecule has 3 heterocycles. The van der Waals surface area contributed by atoms with Crippen LogP contribution in [0.2, 0.25) is 0 Å². The number of nitrogens with zero attached hydrogens (tertiary/aromatic N) is 4. The lowest BCUT2D eigenvalue weighted by atomic mass is 9.90. The Morgan fingerprint density at radius 2 is 1.84 bits per heavy atom. The first kappa shape index (κ1) is 28.5. The Morgan fingerprint density at radius 1 is 1.16 bits per heavy atom. The van der Waals surface area contributed by atoms with E-state index in [4.69, 9.17) is 9.72 Å². The lowest BCUT2D eigenvalue weighted by Crippen LogP contribution is -2.50. The van der Waals surface area contributed by atoms with Crippen molar-refractivity contribution < 1.29 is 19.1 Å². The summed E-state index contributed by atoms with van der Waals surface area (Å²) in [5.74, 6) is -0.459. The van der Waals surface area contributed by atoms with Crippen molar-refractivity contribution in [2.75, 3.05) is 25.5 Å². The van der Waals surface area contributed by atoms with Crippen LogP contribution in [0.5, 0.6) is 0 Å². The van der Waals surface area contributed by atoms with Gasteiger partial charge in [-0.1, -0.05) is 46.0 Å². The minimum atomic E-state index is -0.678. The van der Waals surface area contributed by atoms with Crippen LogP contribution in [0.1, 0.15) is 86.6 Å². The number of hydrogen-bond donors (Lipinski definition) is 2. The molecule has 0 aliphatic carbocycles. The molecule has 2 N–H and O–H groups in total. The number of carbonyl (C=O) groups excluding carboxylic acids is 3. The lowest BCUT2D eigenvalue weighted by molar-refractivity contribution is -0.143. The van der Waals surface area contributed by atoms with E-state index in [1.807, 2.05) is 47.6 Å². The third kappa shape index (κ3) is 7.47. The monoisotopic (exact) mass is 530 g/mol. The minimum Gasteiger partial charge on any atom is -0.467 e. The zero-order valence-electron chi connectivity index (χ0n) is 22.8. The second-order valence-corrected chi connectivity index (χ2v) is 11.9. The molecule has 0 aromatic carbocycles. The topological polar surface area (TPSA) is 126 Å². The van der Waals surface area contributed by atoms with Gasteiger partial charge in [0, 0.05) is 30.1 Å². The van der Waals surface area contributed by atoms with Crippen LogP contribution < -0.4 is 10.6 Å². The highest BCUT2D eigenvalue weighted by Crippen LogP contribution is 2.31. The van der Waals surface area contributed by atoms with E-state index in [9.17, 15) is 14.4 Å². The molecule has 0 saturated carbocycles. The molecule has 0 radical (unpaired) electrons. The lowest BCUT2D eigenvalue weighted by Gasteiger charge is -2.33. The van der Waals surface area contributed by atoms with E-state index in [0.29, 0.717) is 43.0 Å². The van der Waals surface area contributed by atoms with Gasteiger partial charge in [0.1, 0.15) is 11.0 Å². The third-order valence-electron chi connectivity index (χ3n) is 6.26. The quantitative estimate of drug-likeness (QED) is 0.512. The van der Waals surface area contributed by atoms with Gasteiger partial charge in [-0.15, -0.1) is 10.2 Å². The molecular formula is C26H38N6O4S. The molecule has 1 saturated heterocycles. The van der Waals surface area contributed by atoms with Crippen molar-refractivity contribution in [3.8, 4) is 0 Å². The molecule has 11 heteroatoms. The molecule has 2 aromatic rings. The maximum atomic E-state index is 13.2. The number of piperidine rings is 1. The van der Waals surface area contributed by atoms with Gasteiger partial charge in [0.25, 0.3) is 5.91 Å². The SMILES string of the molecule is COC(=O)[C@H](CC(C)C)NC(=O)N1CCC(c2nc(C)ccc2C(=O)Nc2nnc(C(C)(C)C)s2)CC1. The molecule has 10 nitrogen and oxygen atoms in total. The Labute approximate surface area is 222 Å². The Bertz CT molecular complexity index is 1120. The molecule has 1 aliphatic heterocycles. The summed E-state index contributed by atoms with van der Waals surface area (Å²) >= 11 is 1.36. The highest BCUT2D eigenvalue weighted by molar-refractivity contribution is 7.15. The summed E-state index contributed by atoms with van der Waals surface area (Å²) in [5.41, 5.74) is 1.91. The van der Waals surface area contributed by atoms with Crippen LogP contribution in [0.3, 0.4) is 0 Å². The number of methoxy groups -OCH3 is 1. The van der Waals surface area contributed by atoms with Gasteiger partial charge < -0.3 is 15.0 Å². The van der Waals surface area contributed by atoms with Gasteiger partial charge in [-0.2, -0.15) is 0 Å². The highest BCUT2D eigenvalue weighted by atomic mass is 32.1. The Hall–Kier alpha value is -3.08. The third-order valence-corrected chi connectivity index (χ3v) is 7.52. The number of anilines is 1. The number of rotatable bonds is 7. The number of urea groups is 1. The van der Waals surface area contributed by atoms with Crippen LogP contribution in [-0.4, -0.2) is 64.2 Å². The summed E-state index contributed by atoms with van der Waals surface area (Å²) in [5, 5.41) is 15.3. The Morgan fingerprint density at radius 3 is 2.41 bits per heavy atom. The van der Waals surface area contributed by atoms with Gasteiger partial charge in [0.05, 0.1) is 18.4 Å². The number of nitrogens with one attached hydrogen (secondary N) is 2. The van der Waals surface area contributed by atoms with E-state index in [1.54, 1.807) is 11.0 Å². The van der Waals surface area contributed by atoms with Crippen molar-refractivity contribution in [2.45, 2.75) is 78.2 Å². The van der Waals surface area contributed by atoms with E-state index >= 15 is 0 Å². The first-order valence-electron chi connectivity index (χ1n) is 12.6. The number of aromatic nitrogens is 3. The van der Waals surface area contributed by atoms with Crippen LogP contribution in [0.4, 0.5) is 9.93 Å². The molecule has 3 amide bonds.